The van der Waals surface area contributed by atoms with Crippen LogP contribution in [0.4, 0.5) is 0 Å². The minimum Gasteiger partial charge on any atom is -0.480 e. The number of carbonyl (C=O) groups is 1. The van der Waals surface area contributed by atoms with Crippen molar-refractivity contribution < 1.29 is 14.8 Å². The molecule has 0 radical (unpaired) electrons. The molecule has 1 N–H and O–H groups in total. The highest BCUT2D eigenvalue weighted by molar-refractivity contribution is 5.73. The highest BCUT2D eigenvalue weighted by Gasteiger charge is 2.16. The fraction of sp³-hybridized carbons (Fsp3) is 0.857. The van der Waals surface area contributed by atoms with Crippen LogP contribution in [0.5, 0.6) is 0 Å². The van der Waals surface area contributed by atoms with Gasteiger partial charge in [0.1, 0.15) is 0 Å². The van der Waals surface area contributed by atoms with Crippen LogP contribution >= 0.6 is 0 Å². The molecule has 1 unspecified atom stereocenters. The third-order valence-electron chi connectivity index (χ3n) is 1.83. The fourth-order valence-electron chi connectivity index (χ4n) is 0.804. The maximum Gasteiger partial charge on any atom is 0.330 e. The summed E-state index contributed by atoms with van der Waals surface area (Å²) in [6.07, 6.45) is 1.51. The van der Waals surface area contributed by atoms with Crippen molar-refractivity contribution in [2.45, 2.75) is 25.8 Å². The Morgan fingerprint density at radius 1 is 1.69 bits per heavy atom. The third-order valence-corrected chi connectivity index (χ3v) is 1.83. The predicted octanol–water partition coefficient (Wildman–Crippen LogP) is 0.854. The maximum atomic E-state index is 10.5. The van der Waals surface area contributed by atoms with Crippen molar-refractivity contribution in [3.63, 3.8) is 0 Å². The SMILES string of the molecule is CCC(/N=N/ON1CCC1)C(=O)O. The molecule has 0 spiro atoms. The molecule has 0 aromatic rings. The predicted molar refractivity (Wildman–Crippen MR) is 43.8 cm³/mol. The van der Waals surface area contributed by atoms with Gasteiger partial charge in [0.15, 0.2) is 6.04 Å². The molecule has 1 fully saturated rings. The summed E-state index contributed by atoms with van der Waals surface area (Å²) in [4.78, 5) is 15.3. The van der Waals surface area contributed by atoms with Gasteiger partial charge in [-0.3, -0.25) is 4.94 Å². The van der Waals surface area contributed by atoms with Gasteiger partial charge in [-0.1, -0.05) is 6.92 Å². The zero-order chi connectivity index (χ0) is 9.68. The molecule has 0 amide bonds. The van der Waals surface area contributed by atoms with E-state index in [1.54, 1.807) is 12.0 Å². The standard InChI is InChI=1S/C7H13N3O3/c1-2-6(7(11)12)8-9-13-10-4-3-5-10/h6H,2-5H2,1H3,(H,11,12)/b9-8+. The van der Waals surface area contributed by atoms with Crippen LogP contribution in [-0.2, 0) is 9.73 Å². The van der Waals surface area contributed by atoms with E-state index in [1.807, 2.05) is 0 Å². The number of carboxylic acids is 1. The molecular weight excluding hydrogens is 174 g/mol. The van der Waals surface area contributed by atoms with Gasteiger partial charge in [0.2, 0.25) is 0 Å². The van der Waals surface area contributed by atoms with Crippen LogP contribution < -0.4 is 0 Å². The number of rotatable bonds is 5. The Balaban J connectivity index is 2.23. The van der Waals surface area contributed by atoms with Crippen LogP contribution in [-0.4, -0.2) is 35.3 Å². The minimum absolute atomic E-state index is 0.419. The van der Waals surface area contributed by atoms with Crippen LogP contribution in [0.3, 0.4) is 0 Å². The molecule has 13 heavy (non-hydrogen) atoms. The van der Waals surface area contributed by atoms with Crippen molar-refractivity contribution >= 4 is 5.97 Å². The first kappa shape index (κ1) is 9.91. The van der Waals surface area contributed by atoms with Crippen LogP contribution in [0.15, 0.2) is 10.4 Å². The van der Waals surface area contributed by atoms with E-state index in [0.717, 1.165) is 19.5 Å². The minimum atomic E-state index is -0.974. The second kappa shape index (κ2) is 4.76. The van der Waals surface area contributed by atoms with Crippen molar-refractivity contribution in [1.82, 2.24) is 5.06 Å². The summed E-state index contributed by atoms with van der Waals surface area (Å²) in [6.45, 7) is 3.41. The van der Waals surface area contributed by atoms with Crippen molar-refractivity contribution in [2.75, 3.05) is 13.1 Å². The van der Waals surface area contributed by atoms with E-state index in [2.05, 4.69) is 10.4 Å². The summed E-state index contributed by atoms with van der Waals surface area (Å²) >= 11 is 0. The number of carboxylic acid groups (broad SMARTS) is 1. The highest BCUT2D eigenvalue weighted by Crippen LogP contribution is 2.07. The van der Waals surface area contributed by atoms with E-state index < -0.39 is 12.0 Å². The summed E-state index contributed by atoms with van der Waals surface area (Å²) in [5.74, 6) is -0.974. The molecule has 0 aliphatic carbocycles. The smallest absolute Gasteiger partial charge is 0.330 e. The highest BCUT2D eigenvalue weighted by atomic mass is 16.8. The average Bonchev–Trinajstić information content (AvgIpc) is 2.00. The maximum absolute atomic E-state index is 10.5. The van der Waals surface area contributed by atoms with E-state index >= 15 is 0 Å². The van der Waals surface area contributed by atoms with Gasteiger partial charge in [-0.2, -0.15) is 0 Å². The number of hydrogen-bond donors (Lipinski definition) is 1. The molecule has 1 heterocycles. The van der Waals surface area contributed by atoms with E-state index in [4.69, 9.17) is 10.0 Å². The molecule has 0 aromatic carbocycles. The summed E-state index contributed by atoms with van der Waals surface area (Å²) < 4.78 is 0. The largest absolute Gasteiger partial charge is 0.480 e. The van der Waals surface area contributed by atoms with Gasteiger partial charge in [0.05, 0.1) is 0 Å². The molecule has 0 saturated carbocycles. The van der Waals surface area contributed by atoms with Gasteiger partial charge in [0, 0.05) is 18.4 Å². The van der Waals surface area contributed by atoms with Gasteiger partial charge >= 0.3 is 5.97 Å². The van der Waals surface area contributed by atoms with Crippen LogP contribution in [0.1, 0.15) is 19.8 Å². The van der Waals surface area contributed by atoms with Crippen LogP contribution in [0, 0.1) is 0 Å². The van der Waals surface area contributed by atoms with Crippen LogP contribution in [0.2, 0.25) is 0 Å². The normalized spacial score (nSPS) is 19.8. The van der Waals surface area contributed by atoms with Crippen molar-refractivity contribution in [3.8, 4) is 0 Å². The Morgan fingerprint density at radius 3 is 2.77 bits per heavy atom. The zero-order valence-corrected chi connectivity index (χ0v) is 7.51. The van der Waals surface area contributed by atoms with Gasteiger partial charge in [-0.05, 0) is 12.8 Å². The van der Waals surface area contributed by atoms with E-state index in [1.165, 1.54) is 0 Å². The lowest BCUT2D eigenvalue weighted by molar-refractivity contribution is -0.205. The molecular formula is C7H13N3O3. The summed E-state index contributed by atoms with van der Waals surface area (Å²) in [5, 5.41) is 17.1. The average molecular weight is 187 g/mol. The number of nitrogens with zero attached hydrogens (tertiary/aromatic N) is 3. The summed E-state index contributed by atoms with van der Waals surface area (Å²) in [6, 6.07) is -0.790. The zero-order valence-electron chi connectivity index (χ0n) is 7.51. The Hall–Kier alpha value is -1.17. The number of hydrogen-bond acceptors (Lipinski definition) is 5. The van der Waals surface area contributed by atoms with Crippen molar-refractivity contribution in [1.29, 1.82) is 0 Å². The monoisotopic (exact) mass is 187 g/mol. The Bertz CT molecular complexity index is 203. The summed E-state index contributed by atoms with van der Waals surface area (Å²) in [7, 11) is 0. The Morgan fingerprint density at radius 2 is 2.38 bits per heavy atom. The van der Waals surface area contributed by atoms with Gasteiger partial charge in [-0.15, -0.1) is 10.2 Å². The third kappa shape index (κ3) is 2.98. The van der Waals surface area contributed by atoms with Gasteiger partial charge in [-0.25, -0.2) is 4.79 Å². The lowest BCUT2D eigenvalue weighted by Crippen LogP contribution is -2.35. The molecule has 6 heteroatoms. The molecule has 0 aromatic heterocycles. The molecule has 6 nitrogen and oxygen atoms in total. The second-order valence-corrected chi connectivity index (χ2v) is 2.82. The van der Waals surface area contributed by atoms with E-state index in [0.29, 0.717) is 6.42 Å². The van der Waals surface area contributed by atoms with Crippen LogP contribution in [0.25, 0.3) is 0 Å². The van der Waals surface area contributed by atoms with E-state index in [-0.39, 0.29) is 0 Å². The first-order valence-electron chi connectivity index (χ1n) is 4.29. The van der Waals surface area contributed by atoms with Crippen molar-refractivity contribution in [2.24, 2.45) is 10.4 Å². The molecule has 74 valence electrons. The molecule has 1 atom stereocenters. The Kier molecular flexibility index (Phi) is 3.63. The van der Waals surface area contributed by atoms with E-state index in [9.17, 15) is 4.79 Å². The summed E-state index contributed by atoms with van der Waals surface area (Å²) in [5.41, 5.74) is 0. The van der Waals surface area contributed by atoms with Crippen molar-refractivity contribution in [3.05, 3.63) is 0 Å². The molecule has 1 saturated heterocycles. The quantitative estimate of drug-likeness (QED) is 0.511. The molecule has 0 bridgehead atoms. The Labute approximate surface area is 76.1 Å². The van der Waals surface area contributed by atoms with Gasteiger partial charge < -0.3 is 5.11 Å². The second-order valence-electron chi connectivity index (χ2n) is 2.82. The fourth-order valence-corrected chi connectivity index (χ4v) is 0.804. The molecule has 1 rings (SSSR count). The molecule has 1 aliphatic heterocycles. The topological polar surface area (TPSA) is 74.5 Å². The number of aliphatic carboxylic acids is 1. The first-order chi connectivity index (χ1) is 6.24. The number of hydroxylamine groups is 2. The lowest BCUT2D eigenvalue weighted by atomic mass is 10.2. The lowest BCUT2D eigenvalue weighted by Gasteiger charge is -2.25. The molecule has 1 aliphatic rings. The first-order valence-corrected chi connectivity index (χ1v) is 4.29. The van der Waals surface area contributed by atoms with Gasteiger partial charge in [0.25, 0.3) is 0 Å².